The lowest BCUT2D eigenvalue weighted by atomic mass is 9.80. The highest BCUT2D eigenvalue weighted by atomic mass is 16.2. The smallest absolute Gasteiger partial charge is 0.225 e. The van der Waals surface area contributed by atoms with Crippen LogP contribution in [0.2, 0.25) is 0 Å². The van der Waals surface area contributed by atoms with E-state index in [1.807, 2.05) is 13.8 Å². The maximum absolute atomic E-state index is 11.4. The summed E-state index contributed by atoms with van der Waals surface area (Å²) in [5.41, 5.74) is 0.0153. The van der Waals surface area contributed by atoms with Crippen LogP contribution >= 0.6 is 0 Å². The first-order valence-electron chi connectivity index (χ1n) is 4.54. The Morgan fingerprint density at radius 2 is 1.92 bits per heavy atom. The Kier molecular flexibility index (Phi) is 1.97. The van der Waals surface area contributed by atoms with Gasteiger partial charge in [0.2, 0.25) is 5.91 Å². The molecule has 1 heterocycles. The minimum absolute atomic E-state index is 0.169. The molecule has 0 radical (unpaired) electrons. The van der Waals surface area contributed by atoms with Gasteiger partial charge >= 0.3 is 0 Å². The Bertz CT molecular complexity index is 200. The summed E-state index contributed by atoms with van der Waals surface area (Å²) in [4.78, 5) is 11.4. The normalized spacial score (nSPS) is 28.8. The number of amides is 1. The molecule has 0 saturated carbocycles. The van der Waals surface area contributed by atoms with Crippen LogP contribution in [0.5, 0.6) is 0 Å². The lowest BCUT2D eigenvalue weighted by Crippen LogP contribution is -2.37. The predicted molar refractivity (Wildman–Crippen MR) is 49.8 cm³/mol. The molecular formula is C10H19NO. The van der Waals surface area contributed by atoms with E-state index in [4.69, 9.17) is 0 Å². The molecule has 1 aliphatic rings. The van der Waals surface area contributed by atoms with Crippen LogP contribution in [0, 0.1) is 10.8 Å². The summed E-state index contributed by atoms with van der Waals surface area (Å²) < 4.78 is 0. The SMILES string of the molecule is CC1(C)CC(C(C)(C)C)NC1=O. The zero-order valence-corrected chi connectivity index (χ0v) is 8.69. The highest BCUT2D eigenvalue weighted by Crippen LogP contribution is 2.36. The molecule has 1 fully saturated rings. The fraction of sp³-hybridized carbons (Fsp3) is 0.900. The highest BCUT2D eigenvalue weighted by molar-refractivity contribution is 5.84. The van der Waals surface area contributed by atoms with Gasteiger partial charge in [-0.05, 0) is 11.8 Å². The van der Waals surface area contributed by atoms with Crippen LogP contribution in [0.15, 0.2) is 0 Å². The van der Waals surface area contributed by atoms with Gasteiger partial charge in [-0.3, -0.25) is 4.79 Å². The zero-order chi connectivity index (χ0) is 9.57. The largest absolute Gasteiger partial charge is 0.352 e. The average Bonchev–Trinajstić information content (AvgIpc) is 2.06. The Morgan fingerprint density at radius 3 is 2.08 bits per heavy atom. The van der Waals surface area contributed by atoms with E-state index in [0.29, 0.717) is 6.04 Å². The van der Waals surface area contributed by atoms with Crippen LogP contribution in [0.25, 0.3) is 0 Å². The van der Waals surface area contributed by atoms with E-state index < -0.39 is 0 Å². The van der Waals surface area contributed by atoms with E-state index in [2.05, 4.69) is 26.1 Å². The minimum Gasteiger partial charge on any atom is -0.352 e. The summed E-state index contributed by atoms with van der Waals surface area (Å²) in [6.07, 6.45) is 0.954. The minimum atomic E-state index is -0.169. The van der Waals surface area contributed by atoms with Crippen molar-refractivity contribution in [1.82, 2.24) is 5.32 Å². The molecule has 0 aromatic carbocycles. The van der Waals surface area contributed by atoms with Gasteiger partial charge in [-0.15, -0.1) is 0 Å². The van der Waals surface area contributed by atoms with E-state index in [0.717, 1.165) is 6.42 Å². The lowest BCUT2D eigenvalue weighted by Gasteiger charge is -2.27. The van der Waals surface area contributed by atoms with Crippen molar-refractivity contribution in [3.05, 3.63) is 0 Å². The third-order valence-corrected chi connectivity index (χ3v) is 2.68. The van der Waals surface area contributed by atoms with Crippen molar-refractivity contribution in [3.63, 3.8) is 0 Å². The Morgan fingerprint density at radius 1 is 1.42 bits per heavy atom. The molecule has 0 bridgehead atoms. The fourth-order valence-corrected chi connectivity index (χ4v) is 1.53. The number of carbonyl (C=O) groups is 1. The summed E-state index contributed by atoms with van der Waals surface area (Å²) in [6.45, 7) is 10.5. The monoisotopic (exact) mass is 169 g/mol. The standard InChI is InChI=1S/C10H19NO/c1-9(2,3)7-6-10(4,5)8(12)11-7/h7H,6H2,1-5H3,(H,11,12). The molecule has 1 aliphatic heterocycles. The van der Waals surface area contributed by atoms with Crippen molar-refractivity contribution in [2.45, 2.75) is 47.1 Å². The van der Waals surface area contributed by atoms with Gasteiger partial charge in [0.15, 0.2) is 0 Å². The second kappa shape index (κ2) is 2.48. The van der Waals surface area contributed by atoms with E-state index in [1.54, 1.807) is 0 Å². The van der Waals surface area contributed by atoms with Crippen LogP contribution in [0.1, 0.15) is 41.0 Å². The Labute approximate surface area is 74.7 Å². The molecule has 1 saturated heterocycles. The Balaban J connectivity index is 2.74. The first-order valence-corrected chi connectivity index (χ1v) is 4.54. The van der Waals surface area contributed by atoms with Gasteiger partial charge < -0.3 is 5.32 Å². The lowest BCUT2D eigenvalue weighted by molar-refractivity contribution is -0.126. The third kappa shape index (κ3) is 1.62. The molecule has 70 valence electrons. The van der Waals surface area contributed by atoms with Gasteiger partial charge in [0.05, 0.1) is 0 Å². The van der Waals surface area contributed by atoms with Crippen molar-refractivity contribution >= 4 is 5.91 Å². The molecule has 1 unspecified atom stereocenters. The third-order valence-electron chi connectivity index (χ3n) is 2.68. The van der Waals surface area contributed by atoms with Crippen molar-refractivity contribution < 1.29 is 4.79 Å². The van der Waals surface area contributed by atoms with Crippen molar-refractivity contribution in [3.8, 4) is 0 Å². The topological polar surface area (TPSA) is 29.1 Å². The number of hydrogen-bond acceptors (Lipinski definition) is 1. The molecular weight excluding hydrogens is 150 g/mol. The molecule has 1 atom stereocenters. The molecule has 0 aliphatic carbocycles. The van der Waals surface area contributed by atoms with Crippen molar-refractivity contribution in [2.24, 2.45) is 10.8 Å². The summed E-state index contributed by atoms with van der Waals surface area (Å²) in [6, 6.07) is 0.333. The van der Waals surface area contributed by atoms with Gasteiger partial charge in [-0.25, -0.2) is 0 Å². The van der Waals surface area contributed by atoms with Gasteiger partial charge in [0.25, 0.3) is 0 Å². The predicted octanol–water partition coefficient (Wildman–Crippen LogP) is 1.95. The van der Waals surface area contributed by atoms with Crippen LogP contribution in [0.3, 0.4) is 0 Å². The van der Waals surface area contributed by atoms with E-state index in [9.17, 15) is 4.79 Å². The Hall–Kier alpha value is -0.530. The van der Waals surface area contributed by atoms with Crippen molar-refractivity contribution in [1.29, 1.82) is 0 Å². The van der Waals surface area contributed by atoms with E-state index in [-0.39, 0.29) is 16.7 Å². The number of carbonyl (C=O) groups excluding carboxylic acids is 1. The van der Waals surface area contributed by atoms with Crippen LogP contribution in [0.4, 0.5) is 0 Å². The molecule has 1 N–H and O–H groups in total. The van der Waals surface area contributed by atoms with Crippen molar-refractivity contribution in [2.75, 3.05) is 0 Å². The maximum atomic E-state index is 11.4. The van der Waals surface area contributed by atoms with E-state index in [1.165, 1.54) is 0 Å². The molecule has 0 spiro atoms. The van der Waals surface area contributed by atoms with Crippen LogP contribution in [-0.4, -0.2) is 11.9 Å². The van der Waals surface area contributed by atoms with Gasteiger partial charge in [0, 0.05) is 11.5 Å². The number of nitrogens with one attached hydrogen (secondary N) is 1. The molecule has 1 amide bonds. The number of rotatable bonds is 0. The highest BCUT2D eigenvalue weighted by Gasteiger charge is 2.43. The van der Waals surface area contributed by atoms with Gasteiger partial charge in [-0.2, -0.15) is 0 Å². The molecule has 0 aromatic rings. The summed E-state index contributed by atoms with van der Waals surface area (Å²) in [5, 5.41) is 3.05. The fourth-order valence-electron chi connectivity index (χ4n) is 1.53. The second-order valence-corrected chi connectivity index (χ2v) is 5.48. The summed E-state index contributed by atoms with van der Waals surface area (Å²) in [7, 11) is 0. The van der Waals surface area contributed by atoms with Gasteiger partial charge in [0.1, 0.15) is 0 Å². The zero-order valence-electron chi connectivity index (χ0n) is 8.69. The first-order chi connectivity index (χ1) is 5.23. The first kappa shape index (κ1) is 9.56. The van der Waals surface area contributed by atoms with Crippen LogP contribution in [-0.2, 0) is 4.79 Å². The average molecular weight is 169 g/mol. The van der Waals surface area contributed by atoms with Crippen LogP contribution < -0.4 is 5.32 Å². The summed E-state index contributed by atoms with van der Waals surface area (Å²) >= 11 is 0. The molecule has 12 heavy (non-hydrogen) atoms. The maximum Gasteiger partial charge on any atom is 0.225 e. The molecule has 2 nitrogen and oxygen atoms in total. The quantitative estimate of drug-likeness (QED) is 0.590. The molecule has 0 aromatic heterocycles. The molecule has 1 rings (SSSR count). The van der Waals surface area contributed by atoms with E-state index >= 15 is 0 Å². The summed E-state index contributed by atoms with van der Waals surface area (Å²) in [5.74, 6) is 0.197. The van der Waals surface area contributed by atoms with Gasteiger partial charge in [-0.1, -0.05) is 34.6 Å². The second-order valence-electron chi connectivity index (χ2n) is 5.48. The molecule has 2 heteroatoms. The number of hydrogen-bond donors (Lipinski definition) is 1.